The van der Waals surface area contributed by atoms with E-state index in [0.717, 1.165) is 18.4 Å². The highest BCUT2D eigenvalue weighted by atomic mass is 16.5. The number of benzene rings is 2. The van der Waals surface area contributed by atoms with E-state index in [1.54, 1.807) is 53.4 Å². The number of carbonyl (C=O) groups excluding carboxylic acids is 1. The number of ether oxygens (including phenoxy) is 1. The molecule has 5 rings (SSSR count). The first-order valence-electron chi connectivity index (χ1n) is 9.41. The lowest BCUT2D eigenvalue weighted by Gasteiger charge is -2.27. The first-order valence-corrected chi connectivity index (χ1v) is 9.41. The van der Waals surface area contributed by atoms with Crippen molar-refractivity contribution >= 4 is 16.9 Å². The molecule has 0 unspecified atom stereocenters. The number of carbonyl (C=O) groups is 1. The van der Waals surface area contributed by atoms with Gasteiger partial charge in [-0.3, -0.25) is 9.59 Å². The summed E-state index contributed by atoms with van der Waals surface area (Å²) in [6, 6.07) is 13.0. The van der Waals surface area contributed by atoms with E-state index in [0.29, 0.717) is 29.7 Å². The molecule has 6 nitrogen and oxygen atoms in total. The summed E-state index contributed by atoms with van der Waals surface area (Å²) in [5.41, 5.74) is 1.32. The molecule has 3 heterocycles. The van der Waals surface area contributed by atoms with Gasteiger partial charge >= 0.3 is 0 Å². The van der Waals surface area contributed by atoms with Gasteiger partial charge in [-0.1, -0.05) is 24.3 Å². The Hall–Kier alpha value is -3.12. The van der Waals surface area contributed by atoms with Crippen LogP contribution in [-0.4, -0.2) is 35.2 Å². The minimum atomic E-state index is -0.562. The summed E-state index contributed by atoms with van der Waals surface area (Å²) in [7, 11) is 0. The van der Waals surface area contributed by atoms with Gasteiger partial charge in [0.05, 0.1) is 23.1 Å². The SMILES string of the molecule is O=C1c2oc3ccccc3c(=O)c2[C@H](c2ccc(O)cc2)N1C[C@@H]1CCCO1. The lowest BCUT2D eigenvalue weighted by Crippen LogP contribution is -2.36. The largest absolute Gasteiger partial charge is 0.508 e. The zero-order chi connectivity index (χ0) is 19.3. The van der Waals surface area contributed by atoms with Crippen LogP contribution in [0.5, 0.6) is 5.75 Å². The van der Waals surface area contributed by atoms with E-state index in [2.05, 4.69) is 0 Å². The highest BCUT2D eigenvalue weighted by Crippen LogP contribution is 2.39. The Balaban J connectivity index is 1.70. The fraction of sp³-hybridized carbons (Fsp3) is 0.273. The summed E-state index contributed by atoms with van der Waals surface area (Å²) in [5, 5.41) is 10.1. The van der Waals surface area contributed by atoms with Crippen molar-refractivity contribution < 1.29 is 19.1 Å². The third kappa shape index (κ3) is 2.60. The molecule has 28 heavy (non-hydrogen) atoms. The van der Waals surface area contributed by atoms with Crippen molar-refractivity contribution in [2.45, 2.75) is 25.0 Å². The molecule has 2 atom stereocenters. The molecule has 0 spiro atoms. The van der Waals surface area contributed by atoms with Crippen LogP contribution in [0.15, 0.2) is 57.7 Å². The average molecular weight is 377 g/mol. The first-order chi connectivity index (χ1) is 13.6. The number of nitrogens with zero attached hydrogens (tertiary/aromatic N) is 1. The summed E-state index contributed by atoms with van der Waals surface area (Å²) in [5.74, 6) is -0.0734. The number of hydrogen-bond donors (Lipinski definition) is 1. The number of phenolic OH excluding ortho intramolecular Hbond substituents is 1. The monoisotopic (exact) mass is 377 g/mol. The van der Waals surface area contributed by atoms with Gasteiger partial charge in [0.15, 0.2) is 5.43 Å². The number of hydrogen-bond acceptors (Lipinski definition) is 5. The van der Waals surface area contributed by atoms with Gasteiger partial charge in [0.2, 0.25) is 5.76 Å². The fourth-order valence-corrected chi connectivity index (χ4v) is 4.17. The number of rotatable bonds is 3. The van der Waals surface area contributed by atoms with Crippen molar-refractivity contribution in [3.8, 4) is 5.75 Å². The molecular formula is C22H19NO5. The Morgan fingerprint density at radius 3 is 2.61 bits per heavy atom. The molecule has 0 saturated carbocycles. The number of para-hydroxylation sites is 1. The zero-order valence-corrected chi connectivity index (χ0v) is 15.1. The maximum atomic E-state index is 13.3. The highest BCUT2D eigenvalue weighted by molar-refractivity contribution is 5.99. The van der Waals surface area contributed by atoms with Crippen LogP contribution in [0, 0.1) is 0 Å². The van der Waals surface area contributed by atoms with E-state index in [9.17, 15) is 14.7 Å². The van der Waals surface area contributed by atoms with Crippen LogP contribution < -0.4 is 5.43 Å². The van der Waals surface area contributed by atoms with E-state index in [1.807, 2.05) is 0 Å². The molecule has 0 aliphatic carbocycles. The quantitative estimate of drug-likeness (QED) is 0.758. The smallest absolute Gasteiger partial charge is 0.291 e. The fourth-order valence-electron chi connectivity index (χ4n) is 4.17. The molecule has 142 valence electrons. The van der Waals surface area contributed by atoms with Gasteiger partial charge in [-0.05, 0) is 42.7 Å². The summed E-state index contributed by atoms with van der Waals surface area (Å²) in [6.45, 7) is 1.08. The molecule has 1 N–H and O–H groups in total. The maximum Gasteiger partial charge on any atom is 0.291 e. The molecule has 1 saturated heterocycles. The molecule has 6 heteroatoms. The van der Waals surface area contributed by atoms with Crippen molar-refractivity contribution in [3.05, 3.63) is 75.6 Å². The topological polar surface area (TPSA) is 80.0 Å². The first kappa shape index (κ1) is 17.0. The van der Waals surface area contributed by atoms with Crippen molar-refractivity contribution in [2.75, 3.05) is 13.2 Å². The minimum absolute atomic E-state index is 0.0533. The van der Waals surface area contributed by atoms with E-state index in [4.69, 9.17) is 9.15 Å². The van der Waals surface area contributed by atoms with Gasteiger partial charge in [0.1, 0.15) is 11.3 Å². The Morgan fingerprint density at radius 1 is 1.07 bits per heavy atom. The molecule has 1 fully saturated rings. The summed E-state index contributed by atoms with van der Waals surface area (Å²) < 4.78 is 11.6. The summed E-state index contributed by atoms with van der Waals surface area (Å²) >= 11 is 0. The lowest BCUT2D eigenvalue weighted by molar-refractivity contribution is 0.0486. The molecular weight excluding hydrogens is 358 g/mol. The second-order valence-corrected chi connectivity index (χ2v) is 7.26. The number of amides is 1. The Bertz CT molecular complexity index is 1110. The van der Waals surface area contributed by atoms with E-state index >= 15 is 0 Å². The van der Waals surface area contributed by atoms with E-state index in [-0.39, 0.29) is 28.9 Å². The van der Waals surface area contributed by atoms with Crippen molar-refractivity contribution in [2.24, 2.45) is 0 Å². The van der Waals surface area contributed by atoms with Crippen LogP contribution in [-0.2, 0) is 4.74 Å². The Labute approximate surface area is 161 Å². The predicted molar refractivity (Wildman–Crippen MR) is 102 cm³/mol. The van der Waals surface area contributed by atoms with Crippen LogP contribution in [0.25, 0.3) is 11.0 Å². The second kappa shape index (κ2) is 6.49. The van der Waals surface area contributed by atoms with Gasteiger partial charge in [-0.25, -0.2) is 0 Å². The summed E-state index contributed by atoms with van der Waals surface area (Å²) in [4.78, 5) is 28.2. The van der Waals surface area contributed by atoms with Gasteiger partial charge in [-0.15, -0.1) is 0 Å². The highest BCUT2D eigenvalue weighted by Gasteiger charge is 2.43. The van der Waals surface area contributed by atoms with Gasteiger partial charge in [0, 0.05) is 13.2 Å². The average Bonchev–Trinajstić information content (AvgIpc) is 3.31. The van der Waals surface area contributed by atoms with Gasteiger partial charge < -0.3 is 19.2 Å². The van der Waals surface area contributed by atoms with Crippen molar-refractivity contribution in [1.82, 2.24) is 4.90 Å². The van der Waals surface area contributed by atoms with Crippen LogP contribution in [0.3, 0.4) is 0 Å². The van der Waals surface area contributed by atoms with E-state index < -0.39 is 6.04 Å². The predicted octanol–water partition coefficient (Wildman–Crippen LogP) is 3.22. The number of phenols is 1. The molecule has 1 amide bonds. The van der Waals surface area contributed by atoms with Crippen LogP contribution in [0.2, 0.25) is 0 Å². The van der Waals surface area contributed by atoms with Crippen molar-refractivity contribution in [1.29, 1.82) is 0 Å². The van der Waals surface area contributed by atoms with E-state index in [1.165, 1.54) is 0 Å². The van der Waals surface area contributed by atoms with Gasteiger partial charge in [-0.2, -0.15) is 0 Å². The zero-order valence-electron chi connectivity index (χ0n) is 15.1. The lowest BCUT2D eigenvalue weighted by atomic mass is 9.98. The van der Waals surface area contributed by atoms with Crippen molar-refractivity contribution in [3.63, 3.8) is 0 Å². The molecule has 0 radical (unpaired) electrons. The molecule has 2 aromatic carbocycles. The maximum absolute atomic E-state index is 13.3. The molecule has 2 aliphatic heterocycles. The molecule has 2 aliphatic rings. The summed E-state index contributed by atoms with van der Waals surface area (Å²) in [6.07, 6.45) is 1.79. The second-order valence-electron chi connectivity index (χ2n) is 7.26. The molecule has 1 aromatic heterocycles. The number of fused-ring (bicyclic) bond motifs is 2. The third-order valence-corrected chi connectivity index (χ3v) is 5.51. The normalized spacial score (nSPS) is 21.4. The minimum Gasteiger partial charge on any atom is -0.508 e. The van der Waals surface area contributed by atoms with Crippen LogP contribution >= 0.6 is 0 Å². The number of aromatic hydroxyl groups is 1. The van der Waals surface area contributed by atoms with Crippen LogP contribution in [0.4, 0.5) is 0 Å². The standard InChI is InChI=1S/C22H19NO5/c24-14-9-7-13(8-10-14)19-18-20(25)16-5-1-2-6-17(16)28-21(18)22(26)23(19)12-15-4-3-11-27-15/h1-2,5-10,15,19,24H,3-4,11-12H2/t15-,19-/m0/s1. The Kier molecular flexibility index (Phi) is 3.94. The third-order valence-electron chi connectivity index (χ3n) is 5.51. The van der Waals surface area contributed by atoms with Gasteiger partial charge in [0.25, 0.3) is 5.91 Å². The molecule has 0 bridgehead atoms. The Morgan fingerprint density at radius 2 is 1.86 bits per heavy atom. The molecule has 3 aromatic rings. The van der Waals surface area contributed by atoms with Crippen LogP contribution in [0.1, 0.15) is 40.6 Å².